The van der Waals surface area contributed by atoms with Gasteiger partial charge in [-0.25, -0.2) is 8.78 Å². The predicted molar refractivity (Wildman–Crippen MR) is 75.7 cm³/mol. The van der Waals surface area contributed by atoms with Gasteiger partial charge in [0.2, 0.25) is 0 Å². The zero-order valence-corrected chi connectivity index (χ0v) is 12.4. The van der Waals surface area contributed by atoms with Crippen LogP contribution in [0.4, 0.5) is 8.78 Å². The lowest BCUT2D eigenvalue weighted by Gasteiger charge is -2.08. The fraction of sp³-hybridized carbons (Fsp3) is 0.200. The first-order chi connectivity index (χ1) is 9.54. The van der Waals surface area contributed by atoms with Crippen molar-refractivity contribution < 1.29 is 13.6 Å². The Bertz CT molecular complexity index is 658. The van der Waals surface area contributed by atoms with Gasteiger partial charge in [-0.05, 0) is 46.1 Å². The van der Waals surface area contributed by atoms with Crippen LogP contribution < -0.4 is 0 Å². The number of nitrogens with zero attached hydrogens (tertiary/aromatic N) is 1. The van der Waals surface area contributed by atoms with Gasteiger partial charge in [-0.2, -0.15) is 0 Å². The molecule has 1 aromatic carbocycles. The minimum atomic E-state index is -0.743. The summed E-state index contributed by atoms with van der Waals surface area (Å²) in [6.07, 6.45) is 1.79. The van der Waals surface area contributed by atoms with Crippen molar-refractivity contribution >= 4 is 21.7 Å². The van der Waals surface area contributed by atoms with Crippen LogP contribution in [0.5, 0.6) is 0 Å². The molecule has 0 saturated carbocycles. The topological polar surface area (TPSA) is 30.0 Å². The van der Waals surface area contributed by atoms with E-state index in [9.17, 15) is 13.6 Å². The van der Waals surface area contributed by atoms with Crippen molar-refractivity contribution in [3.05, 3.63) is 63.4 Å². The second kappa shape index (κ2) is 6.22. The lowest BCUT2D eigenvalue weighted by atomic mass is 10.0. The Balaban J connectivity index is 2.35. The molecule has 0 aliphatic rings. The van der Waals surface area contributed by atoms with E-state index in [4.69, 9.17) is 0 Å². The van der Waals surface area contributed by atoms with Gasteiger partial charge in [0.1, 0.15) is 17.3 Å². The van der Waals surface area contributed by atoms with Gasteiger partial charge in [-0.15, -0.1) is 0 Å². The van der Waals surface area contributed by atoms with Crippen LogP contribution in [0.1, 0.15) is 28.5 Å². The normalized spacial score (nSPS) is 10.6. The van der Waals surface area contributed by atoms with Gasteiger partial charge in [0.25, 0.3) is 0 Å². The SMILES string of the molecule is CCc1cccnc1C(=O)Cc1c(F)ccc(Br)c1F. The molecule has 0 aliphatic heterocycles. The molecule has 104 valence electrons. The molecular formula is C15H12BrF2NO. The van der Waals surface area contributed by atoms with Crippen molar-refractivity contribution in [2.75, 3.05) is 0 Å². The van der Waals surface area contributed by atoms with E-state index < -0.39 is 17.4 Å². The fourth-order valence-electron chi connectivity index (χ4n) is 1.95. The number of hydrogen-bond donors (Lipinski definition) is 0. The van der Waals surface area contributed by atoms with E-state index in [0.717, 1.165) is 11.6 Å². The van der Waals surface area contributed by atoms with E-state index in [-0.39, 0.29) is 22.2 Å². The molecule has 0 atom stereocenters. The van der Waals surface area contributed by atoms with Crippen LogP contribution in [0.2, 0.25) is 0 Å². The Hall–Kier alpha value is -1.62. The third-order valence-electron chi connectivity index (χ3n) is 3.01. The number of pyridine rings is 1. The van der Waals surface area contributed by atoms with Crippen molar-refractivity contribution in [2.24, 2.45) is 0 Å². The van der Waals surface area contributed by atoms with E-state index in [0.29, 0.717) is 6.42 Å². The minimum Gasteiger partial charge on any atom is -0.292 e. The summed E-state index contributed by atoms with van der Waals surface area (Å²) < 4.78 is 27.7. The summed E-state index contributed by atoms with van der Waals surface area (Å²) in [5.41, 5.74) is 0.805. The Kier molecular flexibility index (Phi) is 4.60. The van der Waals surface area contributed by atoms with Gasteiger partial charge < -0.3 is 0 Å². The Morgan fingerprint density at radius 3 is 2.75 bits per heavy atom. The van der Waals surface area contributed by atoms with Crippen LogP contribution >= 0.6 is 15.9 Å². The summed E-state index contributed by atoms with van der Waals surface area (Å²) in [6, 6.07) is 5.93. The molecule has 0 amide bonds. The maximum absolute atomic E-state index is 13.9. The molecule has 0 unspecified atom stereocenters. The standard InChI is InChI=1S/C15H12BrF2NO/c1-2-9-4-3-7-19-15(9)13(20)8-10-12(17)6-5-11(16)14(10)18/h3-7H,2,8H2,1H3. The quantitative estimate of drug-likeness (QED) is 0.619. The van der Waals surface area contributed by atoms with Crippen LogP contribution in [0.3, 0.4) is 0 Å². The Morgan fingerprint density at radius 2 is 2.05 bits per heavy atom. The average Bonchev–Trinajstić information content (AvgIpc) is 2.47. The number of ketones is 1. The second-order valence-electron chi connectivity index (χ2n) is 4.29. The molecule has 1 aromatic heterocycles. The lowest BCUT2D eigenvalue weighted by Crippen LogP contribution is -2.11. The summed E-state index contributed by atoms with van der Waals surface area (Å²) in [4.78, 5) is 16.2. The molecule has 2 aromatic rings. The van der Waals surface area contributed by atoms with Gasteiger partial charge in [-0.3, -0.25) is 9.78 Å². The van der Waals surface area contributed by atoms with Crippen LogP contribution in [-0.4, -0.2) is 10.8 Å². The Labute approximate surface area is 124 Å². The smallest absolute Gasteiger partial charge is 0.186 e. The maximum Gasteiger partial charge on any atom is 0.186 e. The van der Waals surface area contributed by atoms with E-state index in [1.165, 1.54) is 12.3 Å². The predicted octanol–water partition coefficient (Wildman–Crippen LogP) is 4.11. The van der Waals surface area contributed by atoms with Gasteiger partial charge in [0, 0.05) is 18.2 Å². The molecule has 0 fully saturated rings. The minimum absolute atomic E-state index is 0.137. The summed E-state index contributed by atoms with van der Waals surface area (Å²) in [5, 5.41) is 0. The molecule has 0 aliphatic carbocycles. The van der Waals surface area contributed by atoms with Crippen molar-refractivity contribution in [1.82, 2.24) is 4.98 Å². The third-order valence-corrected chi connectivity index (χ3v) is 3.62. The lowest BCUT2D eigenvalue weighted by molar-refractivity contribution is 0.0985. The highest BCUT2D eigenvalue weighted by molar-refractivity contribution is 9.10. The van der Waals surface area contributed by atoms with Gasteiger partial charge in [-0.1, -0.05) is 13.0 Å². The molecule has 5 heteroatoms. The number of rotatable bonds is 4. The molecule has 0 bridgehead atoms. The molecule has 2 rings (SSSR count). The maximum atomic E-state index is 13.9. The highest BCUT2D eigenvalue weighted by atomic mass is 79.9. The first-order valence-electron chi connectivity index (χ1n) is 6.14. The highest BCUT2D eigenvalue weighted by Gasteiger charge is 2.19. The van der Waals surface area contributed by atoms with Crippen molar-refractivity contribution in [2.45, 2.75) is 19.8 Å². The van der Waals surface area contributed by atoms with Crippen LogP contribution in [0.15, 0.2) is 34.9 Å². The summed E-state index contributed by atoms with van der Waals surface area (Å²) in [6.45, 7) is 1.90. The number of aromatic nitrogens is 1. The number of halogens is 3. The highest BCUT2D eigenvalue weighted by Crippen LogP contribution is 2.23. The van der Waals surface area contributed by atoms with Crippen LogP contribution in [-0.2, 0) is 12.8 Å². The number of carbonyl (C=O) groups excluding carboxylic acids is 1. The number of carbonyl (C=O) groups is 1. The molecular weight excluding hydrogens is 328 g/mol. The molecule has 1 heterocycles. The number of benzene rings is 1. The molecule has 0 spiro atoms. The molecule has 0 radical (unpaired) electrons. The number of Topliss-reactive ketones (excluding diaryl/α,β-unsaturated/α-hetero) is 1. The third kappa shape index (κ3) is 2.93. The molecule has 0 N–H and O–H groups in total. The first-order valence-corrected chi connectivity index (χ1v) is 6.93. The van der Waals surface area contributed by atoms with Crippen LogP contribution in [0, 0.1) is 11.6 Å². The van der Waals surface area contributed by atoms with Crippen molar-refractivity contribution in [3.8, 4) is 0 Å². The molecule has 2 nitrogen and oxygen atoms in total. The number of aryl methyl sites for hydroxylation is 1. The number of hydrogen-bond acceptors (Lipinski definition) is 2. The van der Waals surface area contributed by atoms with Gasteiger partial charge >= 0.3 is 0 Å². The van der Waals surface area contributed by atoms with E-state index >= 15 is 0 Å². The molecule has 20 heavy (non-hydrogen) atoms. The van der Waals surface area contributed by atoms with Gasteiger partial charge in [0.15, 0.2) is 5.78 Å². The largest absolute Gasteiger partial charge is 0.292 e. The van der Waals surface area contributed by atoms with E-state index in [1.54, 1.807) is 12.1 Å². The zero-order chi connectivity index (χ0) is 14.7. The summed E-state index contributed by atoms with van der Waals surface area (Å²) in [5.74, 6) is -1.86. The van der Waals surface area contributed by atoms with Gasteiger partial charge in [0.05, 0.1) is 4.47 Å². The van der Waals surface area contributed by atoms with E-state index in [1.807, 2.05) is 6.92 Å². The zero-order valence-electron chi connectivity index (χ0n) is 10.8. The van der Waals surface area contributed by atoms with Crippen LogP contribution in [0.25, 0.3) is 0 Å². The molecule has 0 saturated heterocycles. The van der Waals surface area contributed by atoms with Crippen molar-refractivity contribution in [3.63, 3.8) is 0 Å². The average molecular weight is 340 g/mol. The second-order valence-corrected chi connectivity index (χ2v) is 5.14. The Morgan fingerprint density at radius 1 is 1.30 bits per heavy atom. The summed E-state index contributed by atoms with van der Waals surface area (Å²) >= 11 is 2.99. The monoisotopic (exact) mass is 339 g/mol. The van der Waals surface area contributed by atoms with E-state index in [2.05, 4.69) is 20.9 Å². The fourth-order valence-corrected chi connectivity index (χ4v) is 2.32. The van der Waals surface area contributed by atoms with Crippen molar-refractivity contribution in [1.29, 1.82) is 0 Å². The first kappa shape index (κ1) is 14.8. The summed E-state index contributed by atoms with van der Waals surface area (Å²) in [7, 11) is 0.